The maximum Gasteiger partial charge on any atom is 0.417 e. The number of anilines is 1. The van der Waals surface area contributed by atoms with E-state index in [9.17, 15) is 27.2 Å². The molecule has 0 aliphatic heterocycles. The minimum atomic E-state index is -4.62. The highest BCUT2D eigenvalue weighted by atomic mass is 35.5. The van der Waals surface area contributed by atoms with Gasteiger partial charge in [-0.1, -0.05) is 36.6 Å². The van der Waals surface area contributed by atoms with Gasteiger partial charge in [0.1, 0.15) is 5.82 Å². The predicted octanol–water partition coefficient (Wildman–Crippen LogP) is 4.89. The molecule has 1 fully saturated rings. The van der Waals surface area contributed by atoms with Crippen molar-refractivity contribution in [1.29, 1.82) is 0 Å². The van der Waals surface area contributed by atoms with E-state index in [4.69, 9.17) is 16.3 Å². The lowest BCUT2D eigenvalue weighted by molar-refractivity contribution is -0.153. The molecule has 2 aromatic rings. The Balaban J connectivity index is 1.66. The number of amides is 1. The number of carbonyl (C=O) groups excluding carboxylic acids is 2. The molecule has 1 aromatic carbocycles. The Morgan fingerprint density at radius 3 is 2.50 bits per heavy atom. The zero-order valence-electron chi connectivity index (χ0n) is 15.6. The van der Waals surface area contributed by atoms with E-state index < -0.39 is 46.5 Å². The highest BCUT2D eigenvalue weighted by Crippen LogP contribution is 2.42. The summed E-state index contributed by atoms with van der Waals surface area (Å²) in [4.78, 5) is 28.4. The molecular weight excluding hydrogens is 428 g/mol. The first-order chi connectivity index (χ1) is 14.1. The minimum Gasteiger partial charge on any atom is -0.455 e. The van der Waals surface area contributed by atoms with Crippen LogP contribution in [0.1, 0.15) is 36.8 Å². The van der Waals surface area contributed by atoms with Gasteiger partial charge in [0.2, 0.25) is 0 Å². The van der Waals surface area contributed by atoms with Gasteiger partial charge in [0.25, 0.3) is 5.91 Å². The second kappa shape index (κ2) is 8.59. The molecule has 1 heterocycles. The van der Waals surface area contributed by atoms with Crippen molar-refractivity contribution in [2.75, 3.05) is 11.9 Å². The molecule has 1 saturated carbocycles. The second-order valence-corrected chi connectivity index (χ2v) is 7.38. The lowest BCUT2D eigenvalue weighted by Crippen LogP contribution is -2.36. The van der Waals surface area contributed by atoms with E-state index in [2.05, 4.69) is 10.3 Å². The van der Waals surface area contributed by atoms with E-state index in [1.165, 1.54) is 18.2 Å². The van der Waals surface area contributed by atoms with Gasteiger partial charge in [0.15, 0.2) is 12.4 Å². The maximum atomic E-state index is 13.6. The number of hydrogen-bond acceptors (Lipinski definition) is 4. The topological polar surface area (TPSA) is 68.3 Å². The highest BCUT2D eigenvalue weighted by molar-refractivity contribution is 6.33. The fourth-order valence-electron chi connectivity index (χ4n) is 3.50. The number of halogens is 5. The first-order valence-electron chi connectivity index (χ1n) is 9.08. The van der Waals surface area contributed by atoms with Crippen LogP contribution in [0, 0.1) is 5.82 Å². The first-order valence-corrected chi connectivity index (χ1v) is 9.45. The van der Waals surface area contributed by atoms with Gasteiger partial charge in [-0.2, -0.15) is 13.2 Å². The molecule has 0 unspecified atom stereocenters. The first kappa shape index (κ1) is 22.0. The number of esters is 1. The Bertz CT molecular complexity index is 959. The van der Waals surface area contributed by atoms with Crippen LogP contribution in [-0.4, -0.2) is 23.5 Å². The van der Waals surface area contributed by atoms with Crippen molar-refractivity contribution in [2.24, 2.45) is 0 Å². The van der Waals surface area contributed by atoms with Crippen LogP contribution in [0.15, 0.2) is 36.5 Å². The van der Waals surface area contributed by atoms with E-state index in [0.717, 1.165) is 12.8 Å². The zero-order valence-corrected chi connectivity index (χ0v) is 16.3. The molecule has 5 nitrogen and oxygen atoms in total. The van der Waals surface area contributed by atoms with E-state index in [0.29, 0.717) is 30.7 Å². The standard InChI is InChI=1S/C20H17ClF4N2O3/c21-15-9-13(20(23,24)25)10-26-17(15)27-16(28)11-30-18(29)19(6-1-2-7-19)12-4-3-5-14(22)8-12/h3-5,8-10H,1-2,6-7,11H2,(H,26,27,28). The molecule has 1 aromatic heterocycles. The largest absolute Gasteiger partial charge is 0.455 e. The summed E-state index contributed by atoms with van der Waals surface area (Å²) < 4.78 is 56.8. The molecule has 1 aliphatic rings. The quantitative estimate of drug-likeness (QED) is 0.527. The lowest BCUT2D eigenvalue weighted by Gasteiger charge is -2.27. The van der Waals surface area contributed by atoms with Crippen LogP contribution in [0.4, 0.5) is 23.4 Å². The molecule has 10 heteroatoms. The molecule has 1 aliphatic carbocycles. The van der Waals surface area contributed by atoms with E-state index in [1.54, 1.807) is 6.07 Å². The van der Waals surface area contributed by atoms with Crippen LogP contribution in [0.5, 0.6) is 0 Å². The van der Waals surface area contributed by atoms with Crippen molar-refractivity contribution in [3.8, 4) is 0 Å². The monoisotopic (exact) mass is 444 g/mol. The van der Waals surface area contributed by atoms with E-state index >= 15 is 0 Å². The number of carbonyl (C=O) groups is 2. The van der Waals surface area contributed by atoms with Crippen molar-refractivity contribution in [3.05, 3.63) is 58.5 Å². The number of benzene rings is 1. The minimum absolute atomic E-state index is 0.286. The van der Waals surface area contributed by atoms with Crippen molar-refractivity contribution in [2.45, 2.75) is 37.3 Å². The fourth-order valence-corrected chi connectivity index (χ4v) is 3.71. The zero-order chi connectivity index (χ0) is 21.9. The van der Waals surface area contributed by atoms with Crippen LogP contribution in [0.25, 0.3) is 0 Å². The summed E-state index contributed by atoms with van der Waals surface area (Å²) in [5, 5.41) is 1.80. The van der Waals surface area contributed by atoms with Crippen molar-refractivity contribution in [1.82, 2.24) is 4.98 Å². The third kappa shape index (κ3) is 4.72. The van der Waals surface area contributed by atoms with Gasteiger partial charge < -0.3 is 10.1 Å². The summed E-state index contributed by atoms with van der Waals surface area (Å²) in [7, 11) is 0. The third-order valence-corrected chi connectivity index (χ3v) is 5.27. The Morgan fingerprint density at radius 1 is 1.20 bits per heavy atom. The van der Waals surface area contributed by atoms with Crippen molar-refractivity contribution in [3.63, 3.8) is 0 Å². The van der Waals surface area contributed by atoms with Crippen LogP contribution in [0.3, 0.4) is 0 Å². The van der Waals surface area contributed by atoms with Gasteiger partial charge in [-0.15, -0.1) is 0 Å². The van der Waals surface area contributed by atoms with Gasteiger partial charge in [-0.05, 0) is 36.6 Å². The molecule has 1 amide bonds. The molecule has 1 N–H and O–H groups in total. The molecule has 0 atom stereocenters. The average Bonchev–Trinajstić information content (AvgIpc) is 3.18. The summed E-state index contributed by atoms with van der Waals surface area (Å²) in [6.07, 6.45) is -1.66. The SMILES string of the molecule is O=C(COC(=O)C1(c2cccc(F)c2)CCCC1)Nc1ncc(C(F)(F)F)cc1Cl. The van der Waals surface area contributed by atoms with Crippen LogP contribution in [0.2, 0.25) is 5.02 Å². The van der Waals surface area contributed by atoms with Crippen LogP contribution < -0.4 is 5.32 Å². The predicted molar refractivity (Wildman–Crippen MR) is 100 cm³/mol. The number of pyridine rings is 1. The molecule has 0 saturated heterocycles. The number of hydrogen-bond donors (Lipinski definition) is 1. The Morgan fingerprint density at radius 2 is 1.90 bits per heavy atom. The summed E-state index contributed by atoms with van der Waals surface area (Å²) in [6.45, 7) is -0.686. The molecular formula is C20H17ClF4N2O3. The van der Waals surface area contributed by atoms with E-state index in [1.807, 2.05) is 0 Å². The molecule has 0 spiro atoms. The van der Waals surface area contributed by atoms with Gasteiger partial charge >= 0.3 is 12.1 Å². The number of nitrogens with one attached hydrogen (secondary N) is 1. The third-order valence-electron chi connectivity index (χ3n) is 4.99. The van der Waals surface area contributed by atoms with Crippen LogP contribution in [-0.2, 0) is 25.9 Å². The normalized spacial score (nSPS) is 15.6. The summed E-state index contributed by atoms with van der Waals surface area (Å²) >= 11 is 5.74. The summed E-state index contributed by atoms with van der Waals surface area (Å²) in [6, 6.07) is 6.32. The lowest BCUT2D eigenvalue weighted by atomic mass is 9.79. The van der Waals surface area contributed by atoms with Crippen LogP contribution >= 0.6 is 11.6 Å². The highest BCUT2D eigenvalue weighted by Gasteiger charge is 2.44. The Labute approximate surface area is 174 Å². The van der Waals surface area contributed by atoms with Crippen molar-refractivity contribution >= 4 is 29.3 Å². The smallest absolute Gasteiger partial charge is 0.417 e. The number of ether oxygens (including phenoxy) is 1. The molecule has 0 radical (unpaired) electrons. The van der Waals surface area contributed by atoms with Gasteiger partial charge in [0.05, 0.1) is 16.0 Å². The molecule has 3 rings (SSSR count). The Kier molecular flexibility index (Phi) is 6.30. The van der Waals surface area contributed by atoms with Crippen molar-refractivity contribution < 1.29 is 31.9 Å². The molecule has 160 valence electrons. The second-order valence-electron chi connectivity index (χ2n) is 6.98. The number of aromatic nitrogens is 1. The van der Waals surface area contributed by atoms with Gasteiger partial charge in [0, 0.05) is 6.20 Å². The average molecular weight is 445 g/mol. The number of nitrogens with zero attached hydrogens (tertiary/aromatic N) is 1. The maximum absolute atomic E-state index is 13.6. The number of rotatable bonds is 5. The Hall–Kier alpha value is -2.68. The molecule has 30 heavy (non-hydrogen) atoms. The fraction of sp³-hybridized carbons (Fsp3) is 0.350. The summed E-state index contributed by atoms with van der Waals surface area (Å²) in [5.74, 6) is -2.24. The van der Waals surface area contributed by atoms with Gasteiger partial charge in [-0.25, -0.2) is 9.37 Å². The van der Waals surface area contributed by atoms with E-state index in [-0.39, 0.29) is 5.82 Å². The van der Waals surface area contributed by atoms with Gasteiger partial charge in [-0.3, -0.25) is 9.59 Å². The number of alkyl halides is 3. The molecule has 0 bridgehead atoms. The summed E-state index contributed by atoms with van der Waals surface area (Å²) in [5.41, 5.74) is -1.61.